The van der Waals surface area contributed by atoms with Crippen molar-refractivity contribution in [2.24, 2.45) is 0 Å². The molecule has 2 N–H and O–H groups in total. The number of guanidine groups is 1. The Morgan fingerprint density at radius 1 is 1.30 bits per heavy atom. The second-order valence-electron chi connectivity index (χ2n) is 4.12. The number of hydrogen-bond donors (Lipinski definition) is 2. The van der Waals surface area contributed by atoms with Crippen LogP contribution in [0, 0.1) is 5.41 Å². The molecule has 0 atom stereocenters. The molecule has 1 aliphatic rings. The summed E-state index contributed by atoms with van der Waals surface area (Å²) in [6, 6.07) is 3.53. The Morgan fingerprint density at radius 3 is 2.40 bits per heavy atom. The first-order valence-electron chi connectivity index (χ1n) is 5.74. The fraction of sp³-hybridized carbons (Fsp3) is 0.231. The minimum Gasteiger partial charge on any atom is -0.493 e. The van der Waals surface area contributed by atoms with Gasteiger partial charge in [-0.2, -0.15) is 0 Å². The number of amides is 1. The molecule has 0 radical (unpaired) electrons. The number of benzene rings is 1. The first kappa shape index (κ1) is 14.4. The Labute approximate surface area is 125 Å². The fourth-order valence-corrected chi connectivity index (χ4v) is 2.26. The van der Waals surface area contributed by atoms with Gasteiger partial charge in [-0.3, -0.25) is 15.5 Å². The lowest BCUT2D eigenvalue weighted by atomic mass is 10.1. The third-order valence-corrected chi connectivity index (χ3v) is 3.64. The van der Waals surface area contributed by atoms with Crippen LogP contribution < -0.4 is 14.8 Å². The predicted molar refractivity (Wildman–Crippen MR) is 78.9 cm³/mol. The summed E-state index contributed by atoms with van der Waals surface area (Å²) in [5.74, 6) is 0.911. The molecule has 1 heterocycles. The second kappa shape index (κ2) is 5.54. The van der Waals surface area contributed by atoms with Crippen molar-refractivity contribution in [3.8, 4) is 11.5 Å². The third kappa shape index (κ3) is 2.49. The van der Waals surface area contributed by atoms with Crippen LogP contribution in [0.25, 0.3) is 6.08 Å². The second-order valence-corrected chi connectivity index (χ2v) is 4.97. The van der Waals surface area contributed by atoms with Gasteiger partial charge in [-0.25, -0.2) is 0 Å². The molecule has 0 unspecified atom stereocenters. The maximum absolute atomic E-state index is 11.8. The number of halogens is 1. The van der Waals surface area contributed by atoms with Gasteiger partial charge >= 0.3 is 0 Å². The Morgan fingerprint density at radius 2 is 1.90 bits per heavy atom. The number of carbonyl (C=O) groups excluding carboxylic acids is 1. The molecule has 6 nitrogen and oxygen atoms in total. The molecule has 1 aromatic carbocycles. The maximum atomic E-state index is 11.8. The summed E-state index contributed by atoms with van der Waals surface area (Å²) in [5.41, 5.74) is 1.15. The van der Waals surface area contributed by atoms with Crippen molar-refractivity contribution in [3.05, 3.63) is 27.9 Å². The van der Waals surface area contributed by atoms with E-state index >= 15 is 0 Å². The molecule has 0 saturated carbocycles. The quantitative estimate of drug-likeness (QED) is 0.823. The predicted octanol–water partition coefficient (Wildman–Crippen LogP) is 1.80. The largest absolute Gasteiger partial charge is 0.493 e. The van der Waals surface area contributed by atoms with Gasteiger partial charge in [-0.05, 0) is 23.8 Å². The number of carbonyl (C=O) groups is 1. The molecular weight excluding hydrogens is 326 g/mol. The number of rotatable bonds is 3. The standard InChI is InChI=1S/C13H14BrN3O3/c1-17-9(12(18)16-13(17)15)4-7-5-10(19-2)11(20-3)6-8(7)14/h4-6H,1-3H3,(H2,15,16,18)/b9-4+. The van der Waals surface area contributed by atoms with E-state index < -0.39 is 0 Å². The molecule has 106 valence electrons. The van der Waals surface area contributed by atoms with E-state index in [1.165, 1.54) is 4.90 Å². The fourth-order valence-electron chi connectivity index (χ4n) is 1.82. The van der Waals surface area contributed by atoms with E-state index in [1.807, 2.05) is 0 Å². The Balaban J connectivity index is 2.48. The van der Waals surface area contributed by atoms with E-state index in [-0.39, 0.29) is 11.9 Å². The average Bonchev–Trinajstić information content (AvgIpc) is 2.66. The van der Waals surface area contributed by atoms with Crippen LogP contribution in [-0.2, 0) is 4.79 Å². The van der Waals surface area contributed by atoms with Gasteiger partial charge < -0.3 is 14.4 Å². The molecule has 1 fully saturated rings. The maximum Gasteiger partial charge on any atom is 0.274 e. The Bertz CT molecular complexity index is 613. The van der Waals surface area contributed by atoms with Crippen LogP contribution in [0.5, 0.6) is 11.5 Å². The highest BCUT2D eigenvalue weighted by molar-refractivity contribution is 9.10. The van der Waals surface area contributed by atoms with Gasteiger partial charge in [0.05, 0.1) is 14.2 Å². The summed E-state index contributed by atoms with van der Waals surface area (Å²) in [6.07, 6.45) is 1.68. The van der Waals surface area contributed by atoms with Gasteiger partial charge in [0.1, 0.15) is 5.70 Å². The molecule has 0 aromatic heterocycles. The zero-order chi connectivity index (χ0) is 14.9. The van der Waals surface area contributed by atoms with E-state index in [0.29, 0.717) is 17.2 Å². The number of likely N-dealkylation sites (N-methyl/N-ethyl adjacent to an activating group) is 1. The molecular formula is C13H14BrN3O3. The van der Waals surface area contributed by atoms with Crippen LogP contribution in [0.3, 0.4) is 0 Å². The number of ether oxygens (including phenoxy) is 2. The lowest BCUT2D eigenvalue weighted by Gasteiger charge is -2.12. The SMILES string of the molecule is COc1cc(Br)c(/C=C2\C(=O)NC(=N)N2C)cc1OC. The topological polar surface area (TPSA) is 74.7 Å². The summed E-state index contributed by atoms with van der Waals surface area (Å²) in [4.78, 5) is 13.2. The molecule has 20 heavy (non-hydrogen) atoms. The number of hydrogen-bond acceptors (Lipinski definition) is 4. The van der Waals surface area contributed by atoms with Crippen molar-refractivity contribution in [2.45, 2.75) is 0 Å². The molecule has 7 heteroatoms. The van der Waals surface area contributed by atoms with Crippen molar-refractivity contribution in [1.82, 2.24) is 10.2 Å². The van der Waals surface area contributed by atoms with E-state index in [2.05, 4.69) is 21.2 Å². The van der Waals surface area contributed by atoms with Crippen molar-refractivity contribution in [1.29, 1.82) is 5.41 Å². The van der Waals surface area contributed by atoms with Gasteiger partial charge in [0, 0.05) is 11.5 Å². The van der Waals surface area contributed by atoms with Gasteiger partial charge in [-0.1, -0.05) is 15.9 Å². The van der Waals surface area contributed by atoms with Crippen LogP contribution in [0.2, 0.25) is 0 Å². The van der Waals surface area contributed by atoms with E-state index in [1.54, 1.807) is 39.5 Å². The molecule has 1 amide bonds. The number of nitrogens with zero attached hydrogens (tertiary/aromatic N) is 1. The molecule has 0 bridgehead atoms. The van der Waals surface area contributed by atoms with Gasteiger partial charge in [0.15, 0.2) is 11.5 Å². The minimum absolute atomic E-state index is 0.0536. The summed E-state index contributed by atoms with van der Waals surface area (Å²) >= 11 is 3.43. The number of nitrogens with one attached hydrogen (secondary N) is 2. The summed E-state index contributed by atoms with van der Waals surface area (Å²) < 4.78 is 11.2. The van der Waals surface area contributed by atoms with E-state index in [9.17, 15) is 4.79 Å². The van der Waals surface area contributed by atoms with E-state index in [4.69, 9.17) is 14.9 Å². The first-order valence-corrected chi connectivity index (χ1v) is 6.54. The molecule has 2 rings (SSSR count). The summed E-state index contributed by atoms with van der Waals surface area (Å²) in [7, 11) is 4.76. The van der Waals surface area contributed by atoms with Gasteiger partial charge in [0.25, 0.3) is 5.91 Å². The molecule has 1 saturated heterocycles. The molecule has 0 aliphatic carbocycles. The lowest BCUT2D eigenvalue weighted by molar-refractivity contribution is -0.115. The van der Waals surface area contributed by atoms with Crippen LogP contribution in [0.15, 0.2) is 22.3 Å². The highest BCUT2D eigenvalue weighted by Gasteiger charge is 2.27. The van der Waals surface area contributed by atoms with Crippen LogP contribution in [0.4, 0.5) is 0 Å². The van der Waals surface area contributed by atoms with Crippen LogP contribution >= 0.6 is 15.9 Å². The zero-order valence-electron chi connectivity index (χ0n) is 11.3. The summed E-state index contributed by atoms with van der Waals surface area (Å²) in [6.45, 7) is 0. The monoisotopic (exact) mass is 339 g/mol. The average molecular weight is 340 g/mol. The van der Waals surface area contributed by atoms with Crippen molar-refractivity contribution < 1.29 is 14.3 Å². The highest BCUT2D eigenvalue weighted by Crippen LogP contribution is 2.34. The van der Waals surface area contributed by atoms with Crippen LogP contribution in [0.1, 0.15) is 5.56 Å². The molecule has 1 aromatic rings. The normalized spacial score (nSPS) is 16.6. The Kier molecular flexibility index (Phi) is 3.99. The first-order chi connectivity index (χ1) is 9.47. The summed E-state index contributed by atoms with van der Waals surface area (Å²) in [5, 5.41) is 10.0. The van der Waals surface area contributed by atoms with Gasteiger partial charge in [-0.15, -0.1) is 0 Å². The zero-order valence-corrected chi connectivity index (χ0v) is 12.9. The van der Waals surface area contributed by atoms with E-state index in [0.717, 1.165) is 10.0 Å². The van der Waals surface area contributed by atoms with Crippen LogP contribution in [-0.4, -0.2) is 38.0 Å². The smallest absolute Gasteiger partial charge is 0.274 e. The van der Waals surface area contributed by atoms with Crippen molar-refractivity contribution >= 4 is 33.9 Å². The number of methoxy groups -OCH3 is 2. The Hall–Kier alpha value is -2.02. The van der Waals surface area contributed by atoms with Crippen molar-refractivity contribution in [2.75, 3.05) is 21.3 Å². The molecule has 0 spiro atoms. The lowest BCUT2D eigenvalue weighted by Crippen LogP contribution is -2.25. The van der Waals surface area contributed by atoms with Crippen molar-refractivity contribution in [3.63, 3.8) is 0 Å². The molecule has 1 aliphatic heterocycles. The highest BCUT2D eigenvalue weighted by atomic mass is 79.9. The van der Waals surface area contributed by atoms with Gasteiger partial charge in [0.2, 0.25) is 5.96 Å². The third-order valence-electron chi connectivity index (χ3n) is 2.96. The minimum atomic E-state index is -0.306.